The van der Waals surface area contributed by atoms with E-state index < -0.39 is 41.6 Å². The third kappa shape index (κ3) is 3.47. The highest BCUT2D eigenvalue weighted by Gasteiger charge is 2.55. The molecule has 0 unspecified atom stereocenters. The third-order valence-corrected chi connectivity index (χ3v) is 4.83. The number of aromatic amines is 1. The van der Waals surface area contributed by atoms with Gasteiger partial charge in [-0.25, -0.2) is 4.79 Å². The molecule has 0 bridgehead atoms. The standard InChI is InChI=1S/C20H22N2O6/c1-20(2)27-15-14(11-23)26-18(16(15)28-20)22-10-13(17(24)21-19(22)25)9-8-12-6-4-3-5-7-12/h3-10,14-16,18,23H,11H2,1-2H3,(H,21,24,25)/t14-,15-,16+,18-/m1/s1. The Balaban J connectivity index is 1.69. The average molecular weight is 386 g/mol. The number of fused-ring (bicyclic) bond motifs is 1. The summed E-state index contributed by atoms with van der Waals surface area (Å²) < 4.78 is 18.8. The lowest BCUT2D eigenvalue weighted by molar-refractivity contribution is -0.200. The van der Waals surface area contributed by atoms with Crippen LogP contribution in [0.4, 0.5) is 0 Å². The molecule has 1 aromatic heterocycles. The van der Waals surface area contributed by atoms with Crippen molar-refractivity contribution in [3.05, 3.63) is 68.5 Å². The molecule has 0 spiro atoms. The van der Waals surface area contributed by atoms with Crippen molar-refractivity contribution in [2.75, 3.05) is 6.61 Å². The van der Waals surface area contributed by atoms with Crippen LogP contribution in [0.1, 0.15) is 31.2 Å². The molecule has 2 aliphatic rings. The summed E-state index contributed by atoms with van der Waals surface area (Å²) in [5, 5.41) is 9.61. The zero-order valence-electron chi connectivity index (χ0n) is 15.6. The zero-order chi connectivity index (χ0) is 19.9. The van der Waals surface area contributed by atoms with Gasteiger partial charge in [-0.1, -0.05) is 36.4 Å². The number of aliphatic hydroxyl groups excluding tert-OH is 1. The van der Waals surface area contributed by atoms with Crippen molar-refractivity contribution in [1.29, 1.82) is 0 Å². The zero-order valence-corrected chi connectivity index (χ0v) is 15.6. The lowest BCUT2D eigenvalue weighted by Crippen LogP contribution is -2.38. The molecule has 0 amide bonds. The summed E-state index contributed by atoms with van der Waals surface area (Å²) in [6.07, 6.45) is 2.32. The fourth-order valence-corrected chi connectivity index (χ4v) is 3.59. The van der Waals surface area contributed by atoms with Crippen molar-refractivity contribution in [3.63, 3.8) is 0 Å². The van der Waals surface area contributed by atoms with Gasteiger partial charge in [0, 0.05) is 6.20 Å². The Labute approximate surface area is 161 Å². The quantitative estimate of drug-likeness (QED) is 0.816. The highest BCUT2D eigenvalue weighted by molar-refractivity contribution is 5.68. The molecule has 0 radical (unpaired) electrons. The van der Waals surface area contributed by atoms with Crippen LogP contribution >= 0.6 is 0 Å². The summed E-state index contributed by atoms with van der Waals surface area (Å²) >= 11 is 0. The molecule has 1 aromatic carbocycles. The van der Waals surface area contributed by atoms with Crippen LogP contribution in [-0.4, -0.2) is 45.4 Å². The minimum Gasteiger partial charge on any atom is -0.394 e. The number of benzene rings is 1. The van der Waals surface area contributed by atoms with Crippen molar-refractivity contribution in [2.24, 2.45) is 0 Å². The fraction of sp³-hybridized carbons (Fsp3) is 0.400. The van der Waals surface area contributed by atoms with Crippen molar-refractivity contribution >= 4 is 12.2 Å². The van der Waals surface area contributed by atoms with E-state index >= 15 is 0 Å². The van der Waals surface area contributed by atoms with Gasteiger partial charge in [0.1, 0.15) is 18.3 Å². The second-order valence-corrected chi connectivity index (χ2v) is 7.31. The van der Waals surface area contributed by atoms with Gasteiger partial charge in [-0.2, -0.15) is 0 Å². The molecule has 2 N–H and O–H groups in total. The van der Waals surface area contributed by atoms with E-state index in [-0.39, 0.29) is 6.61 Å². The van der Waals surface area contributed by atoms with Crippen molar-refractivity contribution in [2.45, 2.75) is 44.2 Å². The topological polar surface area (TPSA) is 103 Å². The van der Waals surface area contributed by atoms with Crippen LogP contribution in [0.2, 0.25) is 0 Å². The van der Waals surface area contributed by atoms with Gasteiger partial charge in [-0.3, -0.25) is 14.3 Å². The number of nitrogens with zero attached hydrogens (tertiary/aromatic N) is 1. The molecule has 3 heterocycles. The SMILES string of the molecule is CC1(C)O[C@H]2[C@H](O1)[C@@H](CO)O[C@H]2n1cc(C=Cc2ccccc2)c(=O)[nH]c1=O. The van der Waals surface area contributed by atoms with Crippen molar-refractivity contribution in [3.8, 4) is 0 Å². The molecule has 8 heteroatoms. The van der Waals surface area contributed by atoms with Gasteiger partial charge in [0.25, 0.3) is 5.56 Å². The van der Waals surface area contributed by atoms with E-state index in [2.05, 4.69) is 4.98 Å². The maximum absolute atomic E-state index is 12.4. The van der Waals surface area contributed by atoms with E-state index in [0.717, 1.165) is 5.56 Å². The summed E-state index contributed by atoms with van der Waals surface area (Å²) in [5.74, 6) is -0.855. The minimum atomic E-state index is -0.855. The van der Waals surface area contributed by atoms with E-state index in [4.69, 9.17) is 14.2 Å². The molecule has 4 rings (SSSR count). The average Bonchev–Trinajstić information content (AvgIpc) is 3.15. The number of hydrogen-bond donors (Lipinski definition) is 2. The van der Waals surface area contributed by atoms with Crippen LogP contribution in [0.3, 0.4) is 0 Å². The maximum Gasteiger partial charge on any atom is 0.330 e. The third-order valence-electron chi connectivity index (χ3n) is 4.83. The fourth-order valence-electron chi connectivity index (χ4n) is 3.59. The van der Waals surface area contributed by atoms with Gasteiger partial charge in [-0.15, -0.1) is 0 Å². The van der Waals surface area contributed by atoms with E-state index in [1.807, 2.05) is 30.3 Å². The Hall–Kier alpha value is -2.52. The van der Waals surface area contributed by atoms with Gasteiger partial charge in [0.15, 0.2) is 12.0 Å². The Morgan fingerprint density at radius 2 is 1.86 bits per heavy atom. The van der Waals surface area contributed by atoms with Crippen LogP contribution in [-0.2, 0) is 14.2 Å². The lowest BCUT2D eigenvalue weighted by atomic mass is 10.1. The van der Waals surface area contributed by atoms with Gasteiger partial charge in [-0.05, 0) is 25.5 Å². The predicted molar refractivity (Wildman–Crippen MR) is 102 cm³/mol. The Morgan fingerprint density at radius 3 is 2.57 bits per heavy atom. The molecule has 8 nitrogen and oxygen atoms in total. The number of aromatic nitrogens is 2. The molecule has 4 atom stereocenters. The number of hydrogen-bond acceptors (Lipinski definition) is 6. The van der Waals surface area contributed by atoms with Crippen LogP contribution < -0.4 is 11.2 Å². The number of rotatable bonds is 4. The van der Waals surface area contributed by atoms with E-state index in [9.17, 15) is 14.7 Å². The first kappa shape index (κ1) is 18.8. The lowest BCUT2D eigenvalue weighted by Gasteiger charge is -2.24. The molecule has 0 saturated carbocycles. The highest BCUT2D eigenvalue weighted by Crippen LogP contribution is 2.42. The number of nitrogens with one attached hydrogen (secondary N) is 1. The highest BCUT2D eigenvalue weighted by atomic mass is 16.8. The molecule has 2 saturated heterocycles. The molecule has 2 aromatic rings. The molecule has 2 aliphatic heterocycles. The Morgan fingerprint density at radius 1 is 1.14 bits per heavy atom. The molecular weight excluding hydrogens is 364 g/mol. The normalized spacial score (nSPS) is 28.7. The molecule has 0 aliphatic carbocycles. The van der Waals surface area contributed by atoms with Crippen molar-refractivity contribution in [1.82, 2.24) is 9.55 Å². The second-order valence-electron chi connectivity index (χ2n) is 7.31. The summed E-state index contributed by atoms with van der Waals surface area (Å²) in [6.45, 7) is 3.26. The van der Waals surface area contributed by atoms with Gasteiger partial charge in [0.05, 0.1) is 12.2 Å². The number of ether oxygens (including phenoxy) is 3. The first-order valence-electron chi connectivity index (χ1n) is 9.08. The molecule has 28 heavy (non-hydrogen) atoms. The Kier molecular flexibility index (Phi) is 4.80. The van der Waals surface area contributed by atoms with Gasteiger partial charge >= 0.3 is 5.69 Å². The summed E-state index contributed by atoms with van der Waals surface area (Å²) in [4.78, 5) is 27.0. The monoisotopic (exact) mass is 386 g/mol. The summed E-state index contributed by atoms with van der Waals surface area (Å²) in [5.41, 5.74) is 0.115. The number of aliphatic hydroxyl groups is 1. The van der Waals surface area contributed by atoms with Crippen LogP contribution in [0.15, 0.2) is 46.1 Å². The summed E-state index contributed by atoms with van der Waals surface area (Å²) in [6, 6.07) is 9.50. The first-order valence-corrected chi connectivity index (χ1v) is 9.08. The van der Waals surface area contributed by atoms with Gasteiger partial charge in [0.2, 0.25) is 0 Å². The van der Waals surface area contributed by atoms with Crippen LogP contribution in [0.5, 0.6) is 0 Å². The molecule has 2 fully saturated rings. The molecular formula is C20H22N2O6. The maximum atomic E-state index is 12.4. The first-order chi connectivity index (χ1) is 13.4. The van der Waals surface area contributed by atoms with Gasteiger partial charge < -0.3 is 19.3 Å². The second kappa shape index (κ2) is 7.14. The largest absolute Gasteiger partial charge is 0.394 e. The molecule has 148 valence electrons. The van der Waals surface area contributed by atoms with Crippen LogP contribution in [0.25, 0.3) is 12.2 Å². The minimum absolute atomic E-state index is 0.268. The number of H-pyrrole nitrogens is 1. The predicted octanol–water partition coefficient (Wildman–Crippen LogP) is 1.12. The smallest absolute Gasteiger partial charge is 0.330 e. The van der Waals surface area contributed by atoms with Crippen LogP contribution in [0, 0.1) is 0 Å². The summed E-state index contributed by atoms with van der Waals surface area (Å²) in [7, 11) is 0. The van der Waals surface area contributed by atoms with E-state index in [1.165, 1.54) is 10.8 Å². The van der Waals surface area contributed by atoms with Crippen molar-refractivity contribution < 1.29 is 19.3 Å². The van der Waals surface area contributed by atoms with E-state index in [1.54, 1.807) is 26.0 Å². The van der Waals surface area contributed by atoms with E-state index in [0.29, 0.717) is 5.56 Å². The Bertz CT molecular complexity index is 994.